The molecule has 1 fully saturated rings. The van der Waals surface area contributed by atoms with Gasteiger partial charge in [0.2, 0.25) is 0 Å². The molecule has 1 aliphatic heterocycles. The van der Waals surface area contributed by atoms with Gasteiger partial charge < -0.3 is 23.8 Å². The minimum absolute atomic E-state index is 0.246. The fourth-order valence-electron chi connectivity index (χ4n) is 5.39. The van der Waals surface area contributed by atoms with Crippen LogP contribution in [0.15, 0.2) is 60.7 Å². The van der Waals surface area contributed by atoms with Crippen molar-refractivity contribution >= 4 is 7.32 Å². The van der Waals surface area contributed by atoms with Gasteiger partial charge in [0.25, 0.3) is 0 Å². The maximum absolute atomic E-state index is 10.5. The second-order valence-corrected chi connectivity index (χ2v) is 11.4. The van der Waals surface area contributed by atoms with Crippen molar-refractivity contribution in [2.24, 2.45) is 0 Å². The van der Waals surface area contributed by atoms with E-state index in [2.05, 4.69) is 36.1 Å². The van der Waals surface area contributed by atoms with Gasteiger partial charge in [0.05, 0.1) is 38.6 Å². The van der Waals surface area contributed by atoms with Crippen LogP contribution >= 0.6 is 0 Å². The lowest BCUT2D eigenvalue weighted by Gasteiger charge is -2.34. The fraction of sp³-hybridized carbons (Fsp3) is 0.647. The van der Waals surface area contributed by atoms with E-state index in [4.69, 9.17) is 18.8 Å². The van der Waals surface area contributed by atoms with Crippen LogP contribution < -0.4 is 0 Å². The van der Waals surface area contributed by atoms with Crippen LogP contribution in [0, 0.1) is 0 Å². The van der Waals surface area contributed by atoms with Gasteiger partial charge >= 0.3 is 7.32 Å². The fourth-order valence-corrected chi connectivity index (χ4v) is 5.39. The van der Waals surface area contributed by atoms with E-state index in [9.17, 15) is 5.02 Å². The molecule has 0 spiro atoms. The standard InChI is InChI=1S/C34H54BNO5/c1-2-3-4-5-6-7-8-9-10-17-24-36-27-33(29-38-25-22-31-18-13-11-14-19-31)40-35(37)41-34(28-36)30-39-26-23-32-20-15-12-16-21-32/h11-16,18-21,33-34,37H,2-10,17,22-30H2,1H3. The number of benzene rings is 2. The number of hydrogen-bond donors (Lipinski definition) is 1. The summed E-state index contributed by atoms with van der Waals surface area (Å²) in [5, 5.41) is 10.5. The average molecular weight is 568 g/mol. The van der Waals surface area contributed by atoms with E-state index in [0.29, 0.717) is 39.5 Å². The molecule has 2 unspecified atom stereocenters. The molecule has 0 radical (unpaired) electrons. The highest BCUT2D eigenvalue weighted by molar-refractivity contribution is 6.34. The van der Waals surface area contributed by atoms with Gasteiger partial charge in [-0.2, -0.15) is 0 Å². The van der Waals surface area contributed by atoms with Crippen LogP contribution in [0.25, 0.3) is 0 Å². The molecule has 2 atom stereocenters. The van der Waals surface area contributed by atoms with Crippen molar-refractivity contribution in [1.82, 2.24) is 4.90 Å². The molecule has 0 aliphatic carbocycles. The summed E-state index contributed by atoms with van der Waals surface area (Å²) in [6, 6.07) is 20.7. The summed E-state index contributed by atoms with van der Waals surface area (Å²) in [6.45, 7) is 6.79. The first-order valence-electron chi connectivity index (χ1n) is 16.2. The zero-order valence-corrected chi connectivity index (χ0v) is 25.5. The number of hydrogen-bond acceptors (Lipinski definition) is 6. The van der Waals surface area contributed by atoms with Crippen molar-refractivity contribution in [3.8, 4) is 0 Å². The Morgan fingerprint density at radius 3 is 1.59 bits per heavy atom. The summed E-state index contributed by atoms with van der Waals surface area (Å²) in [4.78, 5) is 2.41. The monoisotopic (exact) mass is 567 g/mol. The molecule has 1 heterocycles. The third kappa shape index (κ3) is 15.9. The third-order valence-corrected chi connectivity index (χ3v) is 7.73. The molecule has 228 valence electrons. The topological polar surface area (TPSA) is 60.4 Å². The van der Waals surface area contributed by atoms with Gasteiger partial charge in [0.15, 0.2) is 0 Å². The molecule has 2 aromatic rings. The van der Waals surface area contributed by atoms with Gasteiger partial charge in [0.1, 0.15) is 0 Å². The van der Waals surface area contributed by atoms with Crippen LogP contribution in [0.5, 0.6) is 0 Å². The minimum atomic E-state index is -1.28. The number of rotatable bonds is 21. The van der Waals surface area contributed by atoms with Crippen molar-refractivity contribution in [3.05, 3.63) is 71.8 Å². The molecule has 2 aromatic carbocycles. The molecule has 0 saturated carbocycles. The Morgan fingerprint density at radius 2 is 1.12 bits per heavy atom. The quantitative estimate of drug-likeness (QED) is 0.138. The molecule has 6 nitrogen and oxygen atoms in total. The SMILES string of the molecule is CCCCCCCCCCCCN1CC(COCCc2ccccc2)OB(O)OC(COCCc2ccccc2)C1. The van der Waals surface area contributed by atoms with Crippen LogP contribution in [-0.4, -0.2) is 75.5 Å². The van der Waals surface area contributed by atoms with Crippen LogP contribution in [0.1, 0.15) is 82.3 Å². The number of nitrogens with zero attached hydrogens (tertiary/aromatic N) is 1. The lowest BCUT2D eigenvalue weighted by Crippen LogP contribution is -2.50. The first-order chi connectivity index (χ1) is 20.2. The molecule has 0 bridgehead atoms. The minimum Gasteiger partial charge on any atom is -0.402 e. The maximum atomic E-state index is 10.5. The molecular formula is C34H54BNO5. The van der Waals surface area contributed by atoms with E-state index in [0.717, 1.165) is 25.8 Å². The lowest BCUT2D eigenvalue weighted by molar-refractivity contribution is -0.0573. The van der Waals surface area contributed by atoms with E-state index in [1.54, 1.807) is 0 Å². The first-order valence-corrected chi connectivity index (χ1v) is 16.2. The predicted octanol–water partition coefficient (Wildman–Crippen LogP) is 6.49. The average Bonchev–Trinajstić information content (AvgIpc) is 2.98. The highest BCUT2D eigenvalue weighted by Crippen LogP contribution is 2.14. The molecule has 0 amide bonds. The summed E-state index contributed by atoms with van der Waals surface area (Å²) >= 11 is 0. The summed E-state index contributed by atoms with van der Waals surface area (Å²) in [7, 11) is -1.28. The van der Waals surface area contributed by atoms with E-state index < -0.39 is 7.32 Å². The molecular weight excluding hydrogens is 513 g/mol. The molecule has 41 heavy (non-hydrogen) atoms. The first kappa shape index (κ1) is 33.8. The molecule has 0 aromatic heterocycles. The summed E-state index contributed by atoms with van der Waals surface area (Å²) < 4.78 is 23.7. The molecule has 1 saturated heterocycles. The Labute approximate surface area is 249 Å². The van der Waals surface area contributed by atoms with Crippen molar-refractivity contribution in [3.63, 3.8) is 0 Å². The van der Waals surface area contributed by atoms with Gasteiger partial charge in [-0.05, 0) is 36.9 Å². The molecule has 3 rings (SSSR count). The van der Waals surface area contributed by atoms with Crippen LogP contribution in [0.4, 0.5) is 0 Å². The normalized spacial score (nSPS) is 18.3. The summed E-state index contributed by atoms with van der Waals surface area (Å²) in [5.41, 5.74) is 2.51. The Bertz CT molecular complexity index is 814. The Morgan fingerprint density at radius 1 is 0.683 bits per heavy atom. The lowest BCUT2D eigenvalue weighted by atomic mass is 10.1. The Hall–Kier alpha value is -1.74. The van der Waals surface area contributed by atoms with Gasteiger partial charge in [0, 0.05) is 13.1 Å². The largest absolute Gasteiger partial charge is 0.637 e. The third-order valence-electron chi connectivity index (χ3n) is 7.73. The van der Waals surface area contributed by atoms with Gasteiger partial charge in [-0.25, -0.2) is 0 Å². The Balaban J connectivity index is 1.41. The number of unbranched alkanes of at least 4 members (excludes halogenated alkanes) is 9. The van der Waals surface area contributed by atoms with Gasteiger partial charge in [-0.1, -0.05) is 125 Å². The molecule has 7 heteroatoms. The van der Waals surface area contributed by atoms with E-state index in [1.807, 2.05) is 36.4 Å². The van der Waals surface area contributed by atoms with Crippen LogP contribution in [0.2, 0.25) is 0 Å². The van der Waals surface area contributed by atoms with Crippen LogP contribution in [-0.2, 0) is 31.6 Å². The second-order valence-electron chi connectivity index (χ2n) is 11.4. The second kappa shape index (κ2) is 21.9. The van der Waals surface area contributed by atoms with Crippen LogP contribution in [0.3, 0.4) is 0 Å². The van der Waals surface area contributed by atoms with Gasteiger partial charge in [-0.3, -0.25) is 4.90 Å². The Kier molecular flexibility index (Phi) is 18.0. The molecule has 1 aliphatic rings. The zero-order valence-electron chi connectivity index (χ0n) is 25.5. The highest BCUT2D eigenvalue weighted by Gasteiger charge is 2.32. The van der Waals surface area contributed by atoms with E-state index in [-0.39, 0.29) is 12.2 Å². The smallest absolute Gasteiger partial charge is 0.402 e. The summed E-state index contributed by atoms with van der Waals surface area (Å²) in [5.74, 6) is 0. The van der Waals surface area contributed by atoms with Crippen molar-refractivity contribution < 1.29 is 23.8 Å². The van der Waals surface area contributed by atoms with E-state index in [1.165, 1.54) is 68.9 Å². The molecule has 1 N–H and O–H groups in total. The zero-order chi connectivity index (χ0) is 28.8. The van der Waals surface area contributed by atoms with E-state index >= 15 is 0 Å². The van der Waals surface area contributed by atoms with Crippen molar-refractivity contribution in [1.29, 1.82) is 0 Å². The highest BCUT2D eigenvalue weighted by atomic mass is 16.7. The van der Waals surface area contributed by atoms with Gasteiger partial charge in [-0.15, -0.1) is 0 Å². The van der Waals surface area contributed by atoms with Crippen molar-refractivity contribution in [2.75, 3.05) is 46.1 Å². The maximum Gasteiger partial charge on any atom is 0.637 e. The predicted molar refractivity (Wildman–Crippen MR) is 168 cm³/mol. The number of ether oxygens (including phenoxy) is 2. The summed E-state index contributed by atoms with van der Waals surface area (Å²) in [6.07, 6.45) is 14.4. The van der Waals surface area contributed by atoms with Crippen molar-refractivity contribution in [2.45, 2.75) is 96.2 Å².